The zero-order valence-corrected chi connectivity index (χ0v) is 16.6. The maximum atomic E-state index is 13.1. The summed E-state index contributed by atoms with van der Waals surface area (Å²) in [5, 5.41) is 11.0. The highest BCUT2D eigenvalue weighted by molar-refractivity contribution is 7.13. The number of morpholine rings is 1. The summed E-state index contributed by atoms with van der Waals surface area (Å²) in [6, 6.07) is -0.369. The lowest BCUT2D eigenvalue weighted by Gasteiger charge is -2.33. The van der Waals surface area contributed by atoms with E-state index in [2.05, 4.69) is 20.1 Å². The quantitative estimate of drug-likeness (QED) is 0.792. The second-order valence-electron chi connectivity index (χ2n) is 7.29. The number of hydrogen-bond acceptors (Lipinski definition) is 8. The molecule has 0 aromatic carbocycles. The van der Waals surface area contributed by atoms with Gasteiger partial charge in [0.15, 0.2) is 5.13 Å². The highest BCUT2D eigenvalue weighted by Gasteiger charge is 2.34. The van der Waals surface area contributed by atoms with Gasteiger partial charge in [0.05, 0.1) is 13.2 Å². The molecule has 9 heteroatoms. The van der Waals surface area contributed by atoms with E-state index in [0.717, 1.165) is 18.2 Å². The van der Waals surface area contributed by atoms with Gasteiger partial charge in [-0.15, -0.1) is 21.5 Å². The molecule has 2 aliphatic heterocycles. The largest absolute Gasteiger partial charge is 0.423 e. The van der Waals surface area contributed by atoms with Crippen molar-refractivity contribution >= 4 is 22.4 Å². The molecule has 146 valence electrons. The van der Waals surface area contributed by atoms with Crippen LogP contribution in [0.3, 0.4) is 0 Å². The van der Waals surface area contributed by atoms with E-state index in [-0.39, 0.29) is 17.9 Å². The standard InChI is InChI=1S/C18H25N5O3S/c1-12(2)15-20-21-16(26-15)14-10-25-9-8-23(14)17(24)13-11-27-18(19-13)22-6-4-3-5-7-22/h11-12,14H,3-10H2,1-2H3. The molecule has 0 bridgehead atoms. The third kappa shape index (κ3) is 3.84. The summed E-state index contributed by atoms with van der Waals surface area (Å²) in [6.45, 7) is 7.36. The molecule has 1 unspecified atom stereocenters. The first-order chi connectivity index (χ1) is 13.1. The van der Waals surface area contributed by atoms with Crippen LogP contribution in [-0.4, -0.2) is 58.8 Å². The Bertz CT molecular complexity index is 784. The Kier molecular flexibility index (Phi) is 5.40. The highest BCUT2D eigenvalue weighted by atomic mass is 32.1. The molecule has 27 heavy (non-hydrogen) atoms. The van der Waals surface area contributed by atoms with Crippen LogP contribution in [0.1, 0.15) is 67.3 Å². The maximum absolute atomic E-state index is 13.1. The van der Waals surface area contributed by atoms with E-state index in [4.69, 9.17) is 9.15 Å². The van der Waals surface area contributed by atoms with Gasteiger partial charge in [0, 0.05) is 30.9 Å². The Hall–Kier alpha value is -2.00. The third-order valence-corrected chi connectivity index (χ3v) is 5.86. The summed E-state index contributed by atoms with van der Waals surface area (Å²) >= 11 is 1.54. The molecule has 2 fully saturated rings. The molecule has 4 rings (SSSR count). The van der Waals surface area contributed by atoms with Crippen LogP contribution < -0.4 is 4.90 Å². The average Bonchev–Trinajstić information content (AvgIpc) is 3.38. The van der Waals surface area contributed by atoms with Gasteiger partial charge in [0.1, 0.15) is 11.7 Å². The number of aromatic nitrogens is 3. The number of hydrogen-bond donors (Lipinski definition) is 0. The second-order valence-corrected chi connectivity index (χ2v) is 8.12. The fourth-order valence-electron chi connectivity index (χ4n) is 3.41. The van der Waals surface area contributed by atoms with Gasteiger partial charge in [-0.2, -0.15) is 0 Å². The van der Waals surface area contributed by atoms with Crippen molar-refractivity contribution in [2.75, 3.05) is 37.7 Å². The van der Waals surface area contributed by atoms with Crippen LogP contribution in [0.4, 0.5) is 5.13 Å². The molecule has 0 spiro atoms. The molecule has 1 atom stereocenters. The van der Waals surface area contributed by atoms with Gasteiger partial charge in [-0.05, 0) is 19.3 Å². The van der Waals surface area contributed by atoms with Crippen LogP contribution in [0.25, 0.3) is 0 Å². The molecular weight excluding hydrogens is 366 g/mol. The number of carbonyl (C=O) groups is 1. The number of anilines is 1. The SMILES string of the molecule is CC(C)c1nnc(C2COCCN2C(=O)c2csc(N3CCCCC3)n2)o1. The predicted octanol–water partition coefficient (Wildman–Crippen LogP) is 2.85. The van der Waals surface area contributed by atoms with E-state index in [1.165, 1.54) is 30.6 Å². The number of ether oxygens (including phenoxy) is 1. The van der Waals surface area contributed by atoms with Crippen LogP contribution in [0.2, 0.25) is 0 Å². The minimum atomic E-state index is -0.369. The third-order valence-electron chi connectivity index (χ3n) is 4.96. The fraction of sp³-hybridized carbons (Fsp3) is 0.667. The van der Waals surface area contributed by atoms with E-state index in [1.54, 1.807) is 4.90 Å². The molecule has 0 radical (unpaired) electrons. The summed E-state index contributed by atoms with van der Waals surface area (Å²) in [5.41, 5.74) is 0.482. The zero-order valence-electron chi connectivity index (χ0n) is 15.8. The molecule has 0 saturated carbocycles. The molecule has 0 N–H and O–H groups in total. The molecule has 2 aromatic heterocycles. The maximum Gasteiger partial charge on any atom is 0.274 e. The normalized spacial score (nSPS) is 21.1. The summed E-state index contributed by atoms with van der Waals surface area (Å²) in [6.07, 6.45) is 3.64. The lowest BCUT2D eigenvalue weighted by Crippen LogP contribution is -2.43. The summed E-state index contributed by atoms with van der Waals surface area (Å²) in [5.74, 6) is 1.04. The number of thiazole rings is 1. The Balaban J connectivity index is 1.52. The van der Waals surface area contributed by atoms with E-state index in [9.17, 15) is 4.79 Å². The van der Waals surface area contributed by atoms with Gasteiger partial charge in [-0.25, -0.2) is 4.98 Å². The molecule has 2 aromatic rings. The minimum Gasteiger partial charge on any atom is -0.423 e. The van der Waals surface area contributed by atoms with Crippen molar-refractivity contribution in [1.82, 2.24) is 20.1 Å². The molecule has 8 nitrogen and oxygen atoms in total. The number of nitrogens with zero attached hydrogens (tertiary/aromatic N) is 5. The topological polar surface area (TPSA) is 84.6 Å². The lowest BCUT2D eigenvalue weighted by molar-refractivity contribution is -0.0110. The van der Waals surface area contributed by atoms with Crippen LogP contribution >= 0.6 is 11.3 Å². The second kappa shape index (κ2) is 7.93. The van der Waals surface area contributed by atoms with Crippen LogP contribution in [0.5, 0.6) is 0 Å². The Morgan fingerprint density at radius 1 is 1.22 bits per heavy atom. The van der Waals surface area contributed by atoms with Crippen LogP contribution in [-0.2, 0) is 4.74 Å². The average molecular weight is 391 g/mol. The Labute approximate surface area is 162 Å². The predicted molar refractivity (Wildman–Crippen MR) is 101 cm³/mol. The Morgan fingerprint density at radius 2 is 2.04 bits per heavy atom. The van der Waals surface area contributed by atoms with Gasteiger partial charge >= 0.3 is 0 Å². The first kappa shape index (κ1) is 18.4. The van der Waals surface area contributed by atoms with Gasteiger partial charge in [0.2, 0.25) is 11.8 Å². The summed E-state index contributed by atoms with van der Waals surface area (Å²) < 4.78 is 11.4. The number of amides is 1. The van der Waals surface area contributed by atoms with E-state index < -0.39 is 0 Å². The van der Waals surface area contributed by atoms with Gasteiger partial charge in [-0.1, -0.05) is 13.8 Å². The van der Waals surface area contributed by atoms with E-state index in [1.807, 2.05) is 19.2 Å². The monoisotopic (exact) mass is 391 g/mol. The molecule has 2 saturated heterocycles. The minimum absolute atomic E-state index is 0.105. The van der Waals surface area contributed by atoms with Crippen molar-refractivity contribution in [2.45, 2.75) is 45.1 Å². The summed E-state index contributed by atoms with van der Waals surface area (Å²) in [4.78, 5) is 21.8. The molecule has 0 aliphatic carbocycles. The molecule has 1 amide bonds. The van der Waals surface area contributed by atoms with Crippen molar-refractivity contribution in [3.63, 3.8) is 0 Å². The lowest BCUT2D eigenvalue weighted by atomic mass is 10.1. The first-order valence-electron chi connectivity index (χ1n) is 9.56. The number of rotatable bonds is 4. The molecule has 4 heterocycles. The number of carbonyl (C=O) groups excluding carboxylic acids is 1. The van der Waals surface area contributed by atoms with Gasteiger partial charge < -0.3 is 19.0 Å². The highest BCUT2D eigenvalue weighted by Crippen LogP contribution is 2.29. The van der Waals surface area contributed by atoms with Crippen LogP contribution in [0, 0.1) is 0 Å². The smallest absolute Gasteiger partial charge is 0.274 e. The Morgan fingerprint density at radius 3 is 2.78 bits per heavy atom. The molecule has 2 aliphatic rings. The van der Waals surface area contributed by atoms with E-state index >= 15 is 0 Å². The van der Waals surface area contributed by atoms with Crippen LogP contribution in [0.15, 0.2) is 9.80 Å². The van der Waals surface area contributed by atoms with Crippen molar-refractivity contribution in [2.24, 2.45) is 0 Å². The molecular formula is C18H25N5O3S. The van der Waals surface area contributed by atoms with Gasteiger partial charge in [-0.3, -0.25) is 4.79 Å². The first-order valence-corrected chi connectivity index (χ1v) is 10.4. The van der Waals surface area contributed by atoms with Crippen molar-refractivity contribution in [3.05, 3.63) is 22.9 Å². The zero-order chi connectivity index (χ0) is 18.8. The van der Waals surface area contributed by atoms with Crippen molar-refractivity contribution in [1.29, 1.82) is 0 Å². The van der Waals surface area contributed by atoms with E-state index in [0.29, 0.717) is 37.2 Å². The van der Waals surface area contributed by atoms with Crippen molar-refractivity contribution < 1.29 is 13.9 Å². The number of piperidine rings is 1. The van der Waals surface area contributed by atoms with Crippen molar-refractivity contribution in [3.8, 4) is 0 Å². The fourth-order valence-corrected chi connectivity index (χ4v) is 4.26. The van der Waals surface area contributed by atoms with Gasteiger partial charge in [0.25, 0.3) is 5.91 Å². The summed E-state index contributed by atoms with van der Waals surface area (Å²) in [7, 11) is 0.